The smallest absolute Gasteiger partial charge is 0.369 e. The summed E-state index contributed by atoms with van der Waals surface area (Å²) in [6, 6.07) is 23.4. The lowest BCUT2D eigenvalue weighted by atomic mass is 9.83. The number of esters is 1. The number of carbonyl (C=O) groups is 1. The maximum absolute atomic E-state index is 12.5. The number of nitrogens with zero attached hydrogens (tertiary/aromatic N) is 4. The molecule has 0 amide bonds. The highest BCUT2D eigenvalue weighted by Gasteiger charge is 2.32. The van der Waals surface area contributed by atoms with Gasteiger partial charge in [-0.05, 0) is 42.8 Å². The topological polar surface area (TPSA) is 110 Å². The molecule has 4 aromatic rings. The van der Waals surface area contributed by atoms with Gasteiger partial charge in [-0.3, -0.25) is 0 Å². The number of allylic oxidation sites excluding steroid dienone is 1. The number of halogens is 1. The maximum Gasteiger partial charge on any atom is 0.369 e. The first-order valence-corrected chi connectivity index (χ1v) is 12.5. The van der Waals surface area contributed by atoms with E-state index < -0.39 is 11.9 Å². The van der Waals surface area contributed by atoms with Crippen LogP contribution >= 0.6 is 22.9 Å². The number of ether oxygens (including phenoxy) is 2. The van der Waals surface area contributed by atoms with Crippen molar-refractivity contribution in [1.82, 2.24) is 9.78 Å². The number of aromatic nitrogens is 2. The third-order valence-corrected chi connectivity index (χ3v) is 6.71. The third kappa shape index (κ3) is 4.85. The predicted molar refractivity (Wildman–Crippen MR) is 138 cm³/mol. The van der Waals surface area contributed by atoms with Crippen molar-refractivity contribution < 1.29 is 19.4 Å². The number of carbonyl (C=O) groups excluding carboxylic acids is 1. The second-order valence-electron chi connectivity index (χ2n) is 7.91. The molecule has 2 heterocycles. The van der Waals surface area contributed by atoms with E-state index in [-0.39, 0.29) is 33.6 Å². The van der Waals surface area contributed by atoms with Gasteiger partial charge in [0.2, 0.25) is 15.7 Å². The number of rotatable bonds is 5. The molecule has 1 aliphatic rings. The summed E-state index contributed by atoms with van der Waals surface area (Å²) in [6.07, 6.45) is 0. The normalized spacial score (nSPS) is 15.1. The van der Waals surface area contributed by atoms with Crippen molar-refractivity contribution in [3.05, 3.63) is 110 Å². The molecule has 1 N–H and O–H groups in total. The highest BCUT2D eigenvalue weighted by molar-refractivity contribution is 7.10. The van der Waals surface area contributed by atoms with Crippen molar-refractivity contribution in [3.63, 3.8) is 0 Å². The van der Waals surface area contributed by atoms with E-state index in [0.717, 1.165) is 22.5 Å². The summed E-state index contributed by atoms with van der Waals surface area (Å²) >= 11 is 7.05. The molecule has 184 valence electrons. The molecule has 0 spiro atoms. The predicted octanol–water partition coefficient (Wildman–Crippen LogP) is 5.33. The fourth-order valence-electron chi connectivity index (χ4n) is 3.94. The van der Waals surface area contributed by atoms with Crippen LogP contribution in [-0.4, -0.2) is 27.5 Å². The Labute approximate surface area is 220 Å². The second-order valence-corrected chi connectivity index (χ2v) is 9.30. The second kappa shape index (κ2) is 10.3. The molecule has 0 saturated carbocycles. The van der Waals surface area contributed by atoms with E-state index in [9.17, 15) is 15.2 Å². The number of aromatic hydroxyl groups is 1. The van der Waals surface area contributed by atoms with Gasteiger partial charge in [-0.2, -0.15) is 10.3 Å². The summed E-state index contributed by atoms with van der Waals surface area (Å²) in [6.45, 7) is 1.90. The molecule has 0 radical (unpaired) electrons. The minimum atomic E-state index is -0.590. The summed E-state index contributed by atoms with van der Waals surface area (Å²) in [4.78, 5) is 17.4. The van der Waals surface area contributed by atoms with Crippen LogP contribution in [0.4, 0.5) is 0 Å². The number of hydrogen-bond acceptors (Lipinski definition) is 8. The Bertz CT molecular complexity index is 1620. The molecular formula is C27H19ClN4O4S. The molecule has 10 heteroatoms. The summed E-state index contributed by atoms with van der Waals surface area (Å²) in [5.41, 5.74) is 2.46. The first-order chi connectivity index (χ1) is 18.0. The molecule has 0 bridgehead atoms. The van der Waals surface area contributed by atoms with Crippen molar-refractivity contribution in [2.24, 2.45) is 4.99 Å². The van der Waals surface area contributed by atoms with E-state index >= 15 is 0 Å². The number of hydrogen-bond donors (Lipinski definition) is 1. The van der Waals surface area contributed by atoms with Crippen LogP contribution in [0.3, 0.4) is 0 Å². The van der Waals surface area contributed by atoms with Crippen LogP contribution in [0.2, 0.25) is 5.02 Å². The van der Waals surface area contributed by atoms with Crippen molar-refractivity contribution in [3.8, 4) is 23.3 Å². The standard InChI is InChI=1S/C27H19ClN4O4S/c1-2-35-26(34)25-31-32(18-10-8-17(28)9-11-18)27(37-25)30-24-21(15-29)23(16-6-4-3-5-7-16)20-13-12-19(33)14-22(20)36-24/h3-14,23,33H,2H2,1H3/b30-27-. The van der Waals surface area contributed by atoms with E-state index in [2.05, 4.69) is 16.2 Å². The van der Waals surface area contributed by atoms with Crippen molar-refractivity contribution in [2.45, 2.75) is 12.8 Å². The van der Waals surface area contributed by atoms with E-state index in [4.69, 9.17) is 21.1 Å². The van der Waals surface area contributed by atoms with Crippen LogP contribution in [0.25, 0.3) is 5.69 Å². The largest absolute Gasteiger partial charge is 0.508 e. The van der Waals surface area contributed by atoms with E-state index in [1.54, 1.807) is 43.3 Å². The molecule has 0 fully saturated rings. The fraction of sp³-hybridized carbons (Fsp3) is 0.111. The monoisotopic (exact) mass is 530 g/mol. The van der Waals surface area contributed by atoms with Crippen LogP contribution in [0.15, 0.2) is 89.2 Å². The molecule has 37 heavy (non-hydrogen) atoms. The van der Waals surface area contributed by atoms with Crippen LogP contribution in [0.1, 0.15) is 33.8 Å². The van der Waals surface area contributed by atoms with Gasteiger partial charge in [0.1, 0.15) is 23.1 Å². The van der Waals surface area contributed by atoms with Gasteiger partial charge < -0.3 is 14.6 Å². The summed E-state index contributed by atoms with van der Waals surface area (Å²) < 4.78 is 12.7. The molecule has 1 aliphatic heterocycles. The highest BCUT2D eigenvalue weighted by Crippen LogP contribution is 2.44. The average Bonchev–Trinajstić information content (AvgIpc) is 3.32. The summed E-state index contributed by atoms with van der Waals surface area (Å²) in [5, 5.41) is 25.4. The van der Waals surface area contributed by atoms with Gasteiger partial charge in [-0.15, -0.1) is 5.10 Å². The van der Waals surface area contributed by atoms with Gasteiger partial charge in [0.25, 0.3) is 0 Å². The lowest BCUT2D eigenvalue weighted by molar-refractivity contribution is 0.0524. The first kappa shape index (κ1) is 24.3. The van der Waals surface area contributed by atoms with Gasteiger partial charge in [0.15, 0.2) is 0 Å². The molecule has 8 nitrogen and oxygen atoms in total. The van der Waals surface area contributed by atoms with Crippen molar-refractivity contribution >= 4 is 28.9 Å². The Balaban J connectivity index is 1.74. The number of nitriles is 1. The van der Waals surface area contributed by atoms with Crippen LogP contribution in [0, 0.1) is 11.3 Å². The minimum absolute atomic E-state index is 0.0175. The van der Waals surface area contributed by atoms with Gasteiger partial charge in [0.05, 0.1) is 18.2 Å². The third-order valence-electron chi connectivity index (χ3n) is 5.57. The van der Waals surface area contributed by atoms with Crippen LogP contribution < -0.4 is 9.54 Å². The molecule has 5 rings (SSSR count). The quantitative estimate of drug-likeness (QED) is 0.349. The number of fused-ring (bicyclic) bond motifs is 1. The summed E-state index contributed by atoms with van der Waals surface area (Å²) in [5.74, 6) is -0.635. The lowest BCUT2D eigenvalue weighted by Crippen LogP contribution is -2.20. The molecule has 0 aliphatic carbocycles. The Kier molecular flexibility index (Phi) is 6.77. The minimum Gasteiger partial charge on any atom is -0.508 e. The van der Waals surface area contributed by atoms with E-state index in [1.165, 1.54) is 10.7 Å². The van der Waals surface area contributed by atoms with E-state index in [1.807, 2.05) is 30.3 Å². The van der Waals surface area contributed by atoms with E-state index in [0.29, 0.717) is 16.5 Å². The molecule has 1 aromatic heterocycles. The zero-order valence-corrected chi connectivity index (χ0v) is 21.0. The fourth-order valence-corrected chi connectivity index (χ4v) is 4.87. The Hall–Kier alpha value is -4.39. The Morgan fingerprint density at radius 3 is 2.68 bits per heavy atom. The molecular weight excluding hydrogens is 512 g/mol. The first-order valence-electron chi connectivity index (χ1n) is 11.3. The highest BCUT2D eigenvalue weighted by atomic mass is 35.5. The number of phenols is 1. The maximum atomic E-state index is 12.5. The molecule has 1 atom stereocenters. The van der Waals surface area contributed by atoms with Gasteiger partial charge >= 0.3 is 5.97 Å². The van der Waals surface area contributed by atoms with Crippen LogP contribution in [-0.2, 0) is 4.74 Å². The van der Waals surface area contributed by atoms with Crippen molar-refractivity contribution in [1.29, 1.82) is 5.26 Å². The van der Waals surface area contributed by atoms with Gasteiger partial charge in [0, 0.05) is 16.7 Å². The molecule has 0 saturated heterocycles. The molecule has 1 unspecified atom stereocenters. The summed E-state index contributed by atoms with van der Waals surface area (Å²) in [7, 11) is 0. The van der Waals surface area contributed by atoms with Crippen LogP contribution in [0.5, 0.6) is 11.5 Å². The Morgan fingerprint density at radius 1 is 1.22 bits per heavy atom. The van der Waals surface area contributed by atoms with Gasteiger partial charge in [-0.1, -0.05) is 59.3 Å². The van der Waals surface area contributed by atoms with Crippen molar-refractivity contribution in [2.75, 3.05) is 6.61 Å². The molecule has 3 aromatic carbocycles. The number of benzene rings is 3. The van der Waals surface area contributed by atoms with Gasteiger partial charge in [-0.25, -0.2) is 9.48 Å². The SMILES string of the molecule is CCOC(=O)c1nn(-c2ccc(Cl)cc2)/c(=N/C2=C(C#N)C(c3ccccc3)c3ccc(O)cc3O2)s1. The number of phenolic OH excluding ortho intramolecular Hbond substituents is 1. The zero-order valence-electron chi connectivity index (χ0n) is 19.5. The Morgan fingerprint density at radius 2 is 1.97 bits per heavy atom. The average molecular weight is 531 g/mol. The zero-order chi connectivity index (χ0) is 25.9. The lowest BCUT2D eigenvalue weighted by Gasteiger charge is -2.26.